The highest BCUT2D eigenvalue weighted by Crippen LogP contribution is 2.26. The van der Waals surface area contributed by atoms with Gasteiger partial charge in [-0.15, -0.1) is 0 Å². The van der Waals surface area contributed by atoms with Gasteiger partial charge in [0.1, 0.15) is 0 Å². The van der Waals surface area contributed by atoms with Crippen LogP contribution in [0.25, 0.3) is 0 Å². The number of rotatable bonds is 6. The maximum absolute atomic E-state index is 10.6. The van der Waals surface area contributed by atoms with Gasteiger partial charge in [-0.3, -0.25) is 10.1 Å². The van der Waals surface area contributed by atoms with Gasteiger partial charge in [0.15, 0.2) is 0 Å². The Morgan fingerprint density at radius 1 is 1.25 bits per heavy atom. The summed E-state index contributed by atoms with van der Waals surface area (Å²) in [5.74, 6) is 0.820. The summed E-state index contributed by atoms with van der Waals surface area (Å²) in [6.07, 6.45) is 7.77. The SMILES string of the molecule is C[C@H](NCCc1ccc([N+](=O)[O-])cc1)C1CCCCC1. The highest BCUT2D eigenvalue weighted by atomic mass is 16.6. The molecule has 0 aliphatic heterocycles. The van der Waals surface area contributed by atoms with Crippen LogP contribution in [0.2, 0.25) is 0 Å². The molecule has 1 aliphatic carbocycles. The van der Waals surface area contributed by atoms with Crippen molar-refractivity contribution in [3.8, 4) is 0 Å². The Morgan fingerprint density at radius 3 is 2.50 bits per heavy atom. The zero-order valence-corrected chi connectivity index (χ0v) is 12.2. The fourth-order valence-corrected chi connectivity index (χ4v) is 3.03. The molecule has 1 aromatic carbocycles. The fraction of sp³-hybridized carbons (Fsp3) is 0.625. The Balaban J connectivity index is 1.73. The summed E-state index contributed by atoms with van der Waals surface area (Å²) in [6, 6.07) is 7.45. The van der Waals surface area contributed by atoms with Gasteiger partial charge in [-0.05, 0) is 44.2 Å². The Morgan fingerprint density at radius 2 is 1.90 bits per heavy atom. The molecule has 1 fully saturated rings. The van der Waals surface area contributed by atoms with Crippen LogP contribution in [0.3, 0.4) is 0 Å². The summed E-state index contributed by atoms with van der Waals surface area (Å²) < 4.78 is 0. The van der Waals surface area contributed by atoms with E-state index in [4.69, 9.17) is 0 Å². The lowest BCUT2D eigenvalue weighted by Gasteiger charge is -2.28. The number of nitro benzene ring substituents is 1. The predicted octanol–water partition coefficient (Wildman–Crippen LogP) is 3.70. The number of hydrogen-bond acceptors (Lipinski definition) is 3. The molecule has 0 amide bonds. The van der Waals surface area contributed by atoms with Gasteiger partial charge < -0.3 is 5.32 Å². The van der Waals surface area contributed by atoms with E-state index in [2.05, 4.69) is 12.2 Å². The van der Waals surface area contributed by atoms with Crippen LogP contribution in [0, 0.1) is 16.0 Å². The molecule has 0 bridgehead atoms. The monoisotopic (exact) mass is 276 g/mol. The molecule has 0 saturated heterocycles. The molecule has 0 radical (unpaired) electrons. The molecule has 20 heavy (non-hydrogen) atoms. The van der Waals surface area contributed by atoms with Crippen LogP contribution in [0.1, 0.15) is 44.6 Å². The first-order valence-corrected chi connectivity index (χ1v) is 7.63. The van der Waals surface area contributed by atoms with Gasteiger partial charge in [0.2, 0.25) is 0 Å². The fourth-order valence-electron chi connectivity index (χ4n) is 3.03. The van der Waals surface area contributed by atoms with E-state index in [1.54, 1.807) is 12.1 Å². The first-order valence-electron chi connectivity index (χ1n) is 7.63. The zero-order valence-electron chi connectivity index (χ0n) is 12.2. The highest BCUT2D eigenvalue weighted by molar-refractivity contribution is 5.32. The number of non-ortho nitro benzene ring substituents is 1. The molecule has 4 nitrogen and oxygen atoms in total. The maximum Gasteiger partial charge on any atom is 0.269 e. The van der Waals surface area contributed by atoms with Crippen LogP contribution in [-0.4, -0.2) is 17.5 Å². The Hall–Kier alpha value is -1.42. The van der Waals surface area contributed by atoms with E-state index in [1.807, 2.05) is 12.1 Å². The van der Waals surface area contributed by atoms with Crippen molar-refractivity contribution >= 4 is 5.69 Å². The van der Waals surface area contributed by atoms with E-state index in [-0.39, 0.29) is 10.6 Å². The summed E-state index contributed by atoms with van der Waals surface area (Å²) in [5.41, 5.74) is 1.32. The highest BCUT2D eigenvalue weighted by Gasteiger charge is 2.19. The van der Waals surface area contributed by atoms with Crippen LogP contribution in [-0.2, 0) is 6.42 Å². The first kappa shape index (κ1) is 15.0. The average molecular weight is 276 g/mol. The van der Waals surface area contributed by atoms with Gasteiger partial charge in [0.05, 0.1) is 4.92 Å². The minimum Gasteiger partial charge on any atom is -0.314 e. The molecule has 1 atom stereocenters. The molecule has 1 aromatic rings. The second-order valence-electron chi connectivity index (χ2n) is 5.81. The molecule has 1 N–H and O–H groups in total. The van der Waals surface area contributed by atoms with E-state index in [1.165, 1.54) is 32.1 Å². The van der Waals surface area contributed by atoms with E-state index in [0.29, 0.717) is 6.04 Å². The van der Waals surface area contributed by atoms with Crippen molar-refractivity contribution < 1.29 is 4.92 Å². The van der Waals surface area contributed by atoms with Gasteiger partial charge in [-0.1, -0.05) is 31.4 Å². The van der Waals surface area contributed by atoms with Crippen LogP contribution < -0.4 is 5.32 Å². The molecule has 0 aromatic heterocycles. The molecule has 1 aliphatic rings. The Labute approximate surface area is 120 Å². The largest absolute Gasteiger partial charge is 0.314 e. The molecule has 1 saturated carbocycles. The third kappa shape index (κ3) is 4.30. The Bertz CT molecular complexity index is 425. The summed E-state index contributed by atoms with van der Waals surface area (Å²) >= 11 is 0. The van der Waals surface area contributed by atoms with Crippen LogP contribution in [0.4, 0.5) is 5.69 Å². The quantitative estimate of drug-likeness (QED) is 0.636. The van der Waals surface area contributed by atoms with E-state index in [9.17, 15) is 10.1 Å². The normalized spacial score (nSPS) is 17.9. The lowest BCUT2D eigenvalue weighted by Crippen LogP contribution is -2.35. The van der Waals surface area contributed by atoms with E-state index in [0.717, 1.165) is 24.4 Å². The second kappa shape index (κ2) is 7.39. The summed E-state index contributed by atoms with van der Waals surface area (Å²) in [6.45, 7) is 3.22. The lowest BCUT2D eigenvalue weighted by atomic mass is 9.84. The van der Waals surface area contributed by atoms with Crippen molar-refractivity contribution in [2.45, 2.75) is 51.5 Å². The minimum absolute atomic E-state index is 0.164. The molecule has 2 rings (SSSR count). The van der Waals surface area contributed by atoms with Gasteiger partial charge in [-0.25, -0.2) is 0 Å². The molecular weight excluding hydrogens is 252 g/mol. The topological polar surface area (TPSA) is 55.2 Å². The average Bonchev–Trinajstić information content (AvgIpc) is 2.48. The van der Waals surface area contributed by atoms with Crippen molar-refractivity contribution in [1.82, 2.24) is 5.32 Å². The predicted molar refractivity (Wildman–Crippen MR) is 80.8 cm³/mol. The maximum atomic E-state index is 10.6. The Kier molecular flexibility index (Phi) is 5.53. The third-order valence-corrected chi connectivity index (χ3v) is 4.38. The van der Waals surface area contributed by atoms with Crippen molar-refractivity contribution in [2.75, 3.05) is 6.54 Å². The number of hydrogen-bond donors (Lipinski definition) is 1. The van der Waals surface area contributed by atoms with Crippen molar-refractivity contribution in [1.29, 1.82) is 0 Å². The number of nitro groups is 1. The van der Waals surface area contributed by atoms with Crippen LogP contribution in [0.15, 0.2) is 24.3 Å². The minimum atomic E-state index is -0.354. The van der Waals surface area contributed by atoms with E-state index < -0.39 is 0 Å². The smallest absolute Gasteiger partial charge is 0.269 e. The number of nitrogens with one attached hydrogen (secondary N) is 1. The first-order chi connectivity index (χ1) is 9.66. The zero-order chi connectivity index (χ0) is 14.4. The molecule has 0 spiro atoms. The number of nitrogens with zero attached hydrogens (tertiary/aromatic N) is 1. The standard InChI is InChI=1S/C16H24N2O2/c1-13(15-5-3-2-4-6-15)17-12-11-14-7-9-16(10-8-14)18(19)20/h7-10,13,15,17H,2-6,11-12H2,1H3/t13-/m0/s1. The van der Waals surface area contributed by atoms with E-state index >= 15 is 0 Å². The van der Waals surface area contributed by atoms with Gasteiger partial charge in [0.25, 0.3) is 5.69 Å². The number of benzene rings is 1. The molecule has 4 heteroatoms. The van der Waals surface area contributed by atoms with Crippen molar-refractivity contribution in [3.05, 3.63) is 39.9 Å². The van der Waals surface area contributed by atoms with Gasteiger partial charge in [-0.2, -0.15) is 0 Å². The summed E-state index contributed by atoms with van der Waals surface area (Å²) in [7, 11) is 0. The van der Waals surface area contributed by atoms with Gasteiger partial charge >= 0.3 is 0 Å². The second-order valence-corrected chi connectivity index (χ2v) is 5.81. The van der Waals surface area contributed by atoms with Gasteiger partial charge in [0, 0.05) is 18.2 Å². The van der Waals surface area contributed by atoms with Crippen molar-refractivity contribution in [3.63, 3.8) is 0 Å². The van der Waals surface area contributed by atoms with Crippen molar-refractivity contribution in [2.24, 2.45) is 5.92 Å². The summed E-state index contributed by atoms with van der Waals surface area (Å²) in [5, 5.41) is 14.2. The van der Waals surface area contributed by atoms with Crippen LogP contribution in [0.5, 0.6) is 0 Å². The molecule has 0 unspecified atom stereocenters. The summed E-state index contributed by atoms with van der Waals surface area (Å²) in [4.78, 5) is 10.2. The molecule has 110 valence electrons. The molecule has 0 heterocycles. The van der Waals surface area contributed by atoms with Crippen LogP contribution >= 0.6 is 0 Å². The lowest BCUT2D eigenvalue weighted by molar-refractivity contribution is -0.384. The molecular formula is C16H24N2O2. The third-order valence-electron chi connectivity index (χ3n) is 4.38.